The zero-order chi connectivity index (χ0) is 26.1. The molecule has 1 spiro atoms. The van der Waals surface area contributed by atoms with Crippen LogP contribution in [0.2, 0.25) is 0 Å². The molecule has 190 valence electrons. The van der Waals surface area contributed by atoms with Crippen LogP contribution in [0.1, 0.15) is 29.2 Å². The first-order valence-corrected chi connectivity index (χ1v) is 12.0. The second-order valence-corrected chi connectivity index (χ2v) is 9.89. The normalized spacial score (nSPS) is 18.1. The smallest absolute Gasteiger partial charge is 0.276 e. The Morgan fingerprint density at radius 2 is 1.84 bits per heavy atom. The average molecular weight is 506 g/mol. The summed E-state index contributed by atoms with van der Waals surface area (Å²) in [6.45, 7) is 3.31. The topological polar surface area (TPSA) is 111 Å². The molecule has 2 fully saturated rings. The number of benzene rings is 2. The lowest BCUT2D eigenvalue weighted by molar-refractivity contribution is 0.102. The van der Waals surface area contributed by atoms with Crippen molar-refractivity contribution in [2.75, 3.05) is 23.3 Å². The van der Waals surface area contributed by atoms with Crippen LogP contribution in [-0.4, -0.2) is 44.4 Å². The number of carbonyl (C=O) groups excluding carboxylic acids is 1. The SMILES string of the molecule is Cc1nc2c(N3C[C@H](N)C4(CC4)C3)c(NC(=O)c3ccc(=O)n(-c4c(F)cccc4F)n3)ccc2n1C. The lowest BCUT2D eigenvalue weighted by atomic mass is 10.0. The maximum Gasteiger partial charge on any atom is 0.276 e. The molecule has 4 aromatic rings. The van der Waals surface area contributed by atoms with E-state index in [9.17, 15) is 18.4 Å². The lowest BCUT2D eigenvalue weighted by Crippen LogP contribution is -2.30. The first-order chi connectivity index (χ1) is 17.7. The number of nitrogens with two attached hydrogens (primary N) is 1. The highest BCUT2D eigenvalue weighted by Crippen LogP contribution is 2.54. The molecule has 0 radical (unpaired) electrons. The molecule has 1 saturated heterocycles. The zero-order valence-corrected chi connectivity index (χ0v) is 20.3. The van der Waals surface area contributed by atoms with E-state index in [-0.39, 0.29) is 17.2 Å². The van der Waals surface area contributed by atoms with Crippen LogP contribution in [0.15, 0.2) is 47.3 Å². The molecule has 2 aromatic heterocycles. The van der Waals surface area contributed by atoms with Crippen molar-refractivity contribution in [3.05, 3.63) is 76.0 Å². The van der Waals surface area contributed by atoms with Crippen LogP contribution in [-0.2, 0) is 7.05 Å². The molecule has 3 heterocycles. The third-order valence-electron chi connectivity index (χ3n) is 7.60. The standard InChI is InChI=1S/C26H25F2N7O2/c1-14-30-22-19(33(14)2)8-6-17(24(22)34-12-20(29)26(13-34)10-11-26)31-25(37)18-7-9-21(36)35(32-18)23-15(27)4-3-5-16(23)28/h3-9,20H,10-13,29H2,1-2H3,(H,31,37)/t20-/m0/s1. The highest BCUT2D eigenvalue weighted by atomic mass is 19.1. The predicted octanol–water partition coefficient (Wildman–Crippen LogP) is 2.89. The van der Waals surface area contributed by atoms with Crippen molar-refractivity contribution in [1.82, 2.24) is 19.3 Å². The number of fused-ring (bicyclic) bond motifs is 1. The minimum Gasteiger partial charge on any atom is -0.366 e. The summed E-state index contributed by atoms with van der Waals surface area (Å²) >= 11 is 0. The Morgan fingerprint density at radius 1 is 1.11 bits per heavy atom. The largest absolute Gasteiger partial charge is 0.366 e. The Labute approximate surface area is 210 Å². The van der Waals surface area contributed by atoms with Crippen LogP contribution in [0.25, 0.3) is 16.7 Å². The van der Waals surface area contributed by atoms with Gasteiger partial charge in [-0.2, -0.15) is 9.78 Å². The van der Waals surface area contributed by atoms with Gasteiger partial charge in [-0.05, 0) is 50.1 Å². The van der Waals surface area contributed by atoms with Gasteiger partial charge in [0.2, 0.25) is 0 Å². The van der Waals surface area contributed by atoms with Gasteiger partial charge in [0.1, 0.15) is 22.7 Å². The van der Waals surface area contributed by atoms with Crippen LogP contribution in [0.4, 0.5) is 20.2 Å². The number of aryl methyl sites for hydroxylation is 2. The average Bonchev–Trinajstić information content (AvgIpc) is 3.49. The molecule has 1 atom stereocenters. The Bertz CT molecular complexity index is 1620. The van der Waals surface area contributed by atoms with Crippen molar-refractivity contribution < 1.29 is 13.6 Å². The second kappa shape index (κ2) is 8.20. The fourth-order valence-corrected chi connectivity index (χ4v) is 5.20. The summed E-state index contributed by atoms with van der Waals surface area (Å²) < 4.78 is 31.2. The fourth-order valence-electron chi connectivity index (χ4n) is 5.20. The van der Waals surface area contributed by atoms with E-state index < -0.39 is 28.8 Å². The number of nitrogens with one attached hydrogen (secondary N) is 1. The number of rotatable bonds is 4. The molecule has 2 aliphatic rings. The number of nitrogens with zero attached hydrogens (tertiary/aromatic N) is 5. The summed E-state index contributed by atoms with van der Waals surface area (Å²) in [5.74, 6) is -1.75. The number of imidazole rings is 1. The molecule has 11 heteroatoms. The van der Waals surface area contributed by atoms with Gasteiger partial charge in [-0.15, -0.1) is 0 Å². The summed E-state index contributed by atoms with van der Waals surface area (Å²) in [5, 5.41) is 6.85. The van der Waals surface area contributed by atoms with Crippen LogP contribution >= 0.6 is 0 Å². The van der Waals surface area contributed by atoms with Gasteiger partial charge in [-0.3, -0.25) is 9.59 Å². The molecular weight excluding hydrogens is 480 g/mol. The van der Waals surface area contributed by atoms with Gasteiger partial charge < -0.3 is 20.5 Å². The molecular formula is C26H25F2N7O2. The maximum absolute atomic E-state index is 14.3. The molecule has 1 aliphatic heterocycles. The Morgan fingerprint density at radius 3 is 2.51 bits per heavy atom. The molecule has 6 rings (SSSR count). The molecule has 1 aliphatic carbocycles. The second-order valence-electron chi connectivity index (χ2n) is 9.89. The van der Waals surface area contributed by atoms with Gasteiger partial charge in [0.05, 0.1) is 16.9 Å². The summed E-state index contributed by atoms with van der Waals surface area (Å²) in [7, 11) is 1.93. The number of para-hydroxylation sites is 1. The number of hydrogen-bond donors (Lipinski definition) is 2. The molecule has 37 heavy (non-hydrogen) atoms. The monoisotopic (exact) mass is 505 g/mol. The van der Waals surface area contributed by atoms with Gasteiger partial charge >= 0.3 is 0 Å². The van der Waals surface area contributed by atoms with Crippen molar-refractivity contribution >= 4 is 28.3 Å². The number of halogens is 2. The van der Waals surface area contributed by atoms with Crippen LogP contribution in [0.5, 0.6) is 0 Å². The minimum absolute atomic E-state index is 0.0250. The Balaban J connectivity index is 1.41. The predicted molar refractivity (Wildman–Crippen MR) is 135 cm³/mol. The molecule has 1 amide bonds. The zero-order valence-electron chi connectivity index (χ0n) is 20.3. The third-order valence-corrected chi connectivity index (χ3v) is 7.60. The first kappa shape index (κ1) is 23.3. The molecule has 2 aromatic carbocycles. The fraction of sp³-hybridized carbons (Fsp3) is 0.308. The molecule has 0 bridgehead atoms. The number of carbonyl (C=O) groups is 1. The quantitative estimate of drug-likeness (QED) is 0.441. The van der Waals surface area contributed by atoms with E-state index in [1.54, 1.807) is 6.07 Å². The van der Waals surface area contributed by atoms with Crippen molar-refractivity contribution in [3.63, 3.8) is 0 Å². The van der Waals surface area contributed by atoms with E-state index in [4.69, 9.17) is 10.7 Å². The molecule has 9 nitrogen and oxygen atoms in total. The van der Waals surface area contributed by atoms with E-state index in [0.29, 0.717) is 16.9 Å². The van der Waals surface area contributed by atoms with Gasteiger partial charge in [-0.25, -0.2) is 13.8 Å². The van der Waals surface area contributed by atoms with E-state index >= 15 is 0 Å². The number of amides is 1. The van der Waals surface area contributed by atoms with E-state index in [2.05, 4.69) is 15.3 Å². The van der Waals surface area contributed by atoms with Crippen molar-refractivity contribution in [3.8, 4) is 5.69 Å². The van der Waals surface area contributed by atoms with E-state index in [0.717, 1.165) is 60.1 Å². The summed E-state index contributed by atoms with van der Waals surface area (Å²) in [6.07, 6.45) is 2.14. The number of hydrogen-bond acceptors (Lipinski definition) is 6. The van der Waals surface area contributed by atoms with Gasteiger partial charge in [0.25, 0.3) is 11.5 Å². The molecule has 3 N–H and O–H groups in total. The first-order valence-electron chi connectivity index (χ1n) is 12.0. The van der Waals surface area contributed by atoms with Crippen LogP contribution in [0, 0.1) is 24.0 Å². The molecule has 0 unspecified atom stereocenters. The molecule has 1 saturated carbocycles. The van der Waals surface area contributed by atoms with Crippen LogP contribution in [0.3, 0.4) is 0 Å². The number of aromatic nitrogens is 4. The van der Waals surface area contributed by atoms with Crippen molar-refractivity contribution in [1.29, 1.82) is 0 Å². The van der Waals surface area contributed by atoms with Gasteiger partial charge in [-0.1, -0.05) is 6.07 Å². The summed E-state index contributed by atoms with van der Waals surface area (Å²) in [6, 6.07) is 9.19. The summed E-state index contributed by atoms with van der Waals surface area (Å²) in [4.78, 5) is 32.6. The minimum atomic E-state index is -0.968. The van der Waals surface area contributed by atoms with Gasteiger partial charge in [0, 0.05) is 37.7 Å². The summed E-state index contributed by atoms with van der Waals surface area (Å²) in [5.41, 5.74) is 7.91. The number of anilines is 2. The lowest BCUT2D eigenvalue weighted by Gasteiger charge is -2.23. The third kappa shape index (κ3) is 3.69. The Kier molecular flexibility index (Phi) is 5.16. The Hall–Kier alpha value is -4.12. The highest BCUT2D eigenvalue weighted by Gasteiger charge is 2.54. The van der Waals surface area contributed by atoms with E-state index in [1.807, 2.05) is 24.6 Å². The van der Waals surface area contributed by atoms with Gasteiger partial charge in [0.15, 0.2) is 11.6 Å². The van der Waals surface area contributed by atoms with Crippen molar-refractivity contribution in [2.45, 2.75) is 25.8 Å². The van der Waals surface area contributed by atoms with Crippen molar-refractivity contribution in [2.24, 2.45) is 18.2 Å². The maximum atomic E-state index is 14.3. The highest BCUT2D eigenvalue weighted by molar-refractivity contribution is 6.08. The van der Waals surface area contributed by atoms with Crippen LogP contribution < -0.4 is 21.5 Å². The van der Waals surface area contributed by atoms with E-state index in [1.165, 1.54) is 12.1 Å².